The van der Waals surface area contributed by atoms with E-state index in [2.05, 4.69) is 43.2 Å². The Bertz CT molecular complexity index is 2380. The Hall–Kier alpha value is -7.34. The zero-order valence-corrected chi connectivity index (χ0v) is 27.6. The molecule has 0 aliphatic rings. The highest BCUT2D eigenvalue weighted by Gasteiger charge is 2.24. The van der Waals surface area contributed by atoms with Crippen LogP contribution in [0.5, 0.6) is 23.0 Å². The summed E-state index contributed by atoms with van der Waals surface area (Å²) in [6, 6.07) is 26.8. The number of rotatable bonds is 9. The molecule has 12 nitrogen and oxygen atoms in total. The molecule has 5 aromatic carbocycles. The topological polar surface area (TPSA) is 195 Å². The van der Waals surface area contributed by atoms with Crippen molar-refractivity contribution in [1.29, 1.82) is 0 Å². The summed E-state index contributed by atoms with van der Waals surface area (Å²) in [5.74, 6) is -1.55. The number of benzene rings is 5. The summed E-state index contributed by atoms with van der Waals surface area (Å²) in [6.45, 7) is 2.01. The van der Waals surface area contributed by atoms with Crippen molar-refractivity contribution in [1.82, 2.24) is 20.8 Å². The van der Waals surface area contributed by atoms with Crippen LogP contribution in [0.2, 0.25) is 0 Å². The maximum Gasteiger partial charge on any atom is 0.271 e. The smallest absolute Gasteiger partial charge is 0.271 e. The predicted molar refractivity (Wildman–Crippen MR) is 198 cm³/mol. The van der Waals surface area contributed by atoms with Crippen LogP contribution < -0.4 is 10.9 Å². The number of nitrogens with zero attached hydrogens (tertiary/aromatic N) is 2. The summed E-state index contributed by atoms with van der Waals surface area (Å²) in [7, 11) is 0. The molecule has 0 aliphatic carbocycles. The fraction of sp³-hybridized carbons (Fsp3) is 0.0500. The minimum atomic E-state index is -0.471. The first-order valence-corrected chi connectivity index (χ1v) is 16.1. The Morgan fingerprint density at radius 3 is 1.54 bits per heavy atom. The molecule has 52 heavy (non-hydrogen) atoms. The molecule has 0 aliphatic heterocycles. The van der Waals surface area contributed by atoms with E-state index in [1.165, 1.54) is 48.8 Å². The number of amides is 2. The predicted octanol–water partition coefficient (Wildman–Crippen LogP) is 6.49. The van der Waals surface area contributed by atoms with E-state index in [1.54, 1.807) is 24.3 Å². The molecule has 2 aromatic heterocycles. The van der Waals surface area contributed by atoms with E-state index in [4.69, 9.17) is 0 Å². The summed E-state index contributed by atoms with van der Waals surface area (Å²) >= 11 is 0. The van der Waals surface area contributed by atoms with E-state index < -0.39 is 11.8 Å². The largest absolute Gasteiger partial charge is 0.508 e. The van der Waals surface area contributed by atoms with E-state index >= 15 is 0 Å². The number of aromatic amines is 2. The molecule has 7 rings (SSSR count). The fourth-order valence-corrected chi connectivity index (χ4v) is 6.07. The Morgan fingerprint density at radius 2 is 1.08 bits per heavy atom. The van der Waals surface area contributed by atoms with E-state index in [0.29, 0.717) is 11.1 Å². The first-order chi connectivity index (χ1) is 25.1. The van der Waals surface area contributed by atoms with Crippen molar-refractivity contribution in [2.24, 2.45) is 10.2 Å². The van der Waals surface area contributed by atoms with E-state index in [0.717, 1.165) is 44.1 Å². The number of nitrogens with one attached hydrogen (secondary N) is 4. The molecule has 0 saturated carbocycles. The lowest BCUT2D eigenvalue weighted by molar-refractivity contribution is 0.0947. The molecule has 0 unspecified atom stereocenters. The third kappa shape index (κ3) is 6.76. The number of H-pyrrole nitrogens is 2. The Balaban J connectivity index is 1.22. The second-order valence-corrected chi connectivity index (χ2v) is 12.2. The second-order valence-electron chi connectivity index (χ2n) is 12.2. The van der Waals surface area contributed by atoms with Gasteiger partial charge in [0.2, 0.25) is 0 Å². The number of carbonyl (C=O) groups is 2. The molecule has 258 valence electrons. The lowest BCUT2D eigenvalue weighted by atomic mass is 9.84. The maximum absolute atomic E-state index is 13.2. The highest BCUT2D eigenvalue weighted by molar-refractivity contribution is 6.01. The van der Waals surface area contributed by atoms with Crippen LogP contribution in [0.4, 0.5) is 0 Å². The van der Waals surface area contributed by atoms with Gasteiger partial charge in [-0.25, -0.2) is 10.9 Å². The van der Waals surface area contributed by atoms with Crippen molar-refractivity contribution in [3.63, 3.8) is 0 Å². The number of phenolic OH excluding ortho intramolecular Hbond substituents is 4. The number of hydrogen-bond acceptors (Lipinski definition) is 8. The van der Waals surface area contributed by atoms with Gasteiger partial charge in [-0.05, 0) is 96.4 Å². The molecule has 12 heteroatoms. The van der Waals surface area contributed by atoms with Gasteiger partial charge in [0.25, 0.3) is 11.8 Å². The number of aromatic nitrogens is 2. The third-order valence-electron chi connectivity index (χ3n) is 8.75. The van der Waals surface area contributed by atoms with Crippen LogP contribution in [0.15, 0.2) is 120 Å². The number of phenols is 4. The van der Waals surface area contributed by atoms with Crippen molar-refractivity contribution in [2.45, 2.75) is 12.8 Å². The Labute approximate surface area is 296 Å². The number of hydrogen-bond donors (Lipinski definition) is 8. The van der Waals surface area contributed by atoms with Gasteiger partial charge in [0.15, 0.2) is 0 Å². The summed E-state index contributed by atoms with van der Waals surface area (Å²) in [6.07, 6.45) is 6.33. The molecule has 0 fully saturated rings. The van der Waals surface area contributed by atoms with E-state index in [9.17, 15) is 30.0 Å². The summed E-state index contributed by atoms with van der Waals surface area (Å²) < 4.78 is 0. The van der Waals surface area contributed by atoms with Crippen LogP contribution in [0.1, 0.15) is 60.0 Å². The van der Waals surface area contributed by atoms with Gasteiger partial charge >= 0.3 is 0 Å². The van der Waals surface area contributed by atoms with Crippen molar-refractivity contribution < 1.29 is 30.0 Å². The van der Waals surface area contributed by atoms with E-state index in [1.807, 2.05) is 43.6 Å². The van der Waals surface area contributed by atoms with Crippen molar-refractivity contribution in [2.75, 3.05) is 0 Å². The molecule has 0 radical (unpaired) electrons. The minimum absolute atomic E-state index is 0.0497. The molecule has 0 spiro atoms. The van der Waals surface area contributed by atoms with Gasteiger partial charge in [0.05, 0.1) is 12.4 Å². The van der Waals surface area contributed by atoms with Gasteiger partial charge in [-0.15, -0.1) is 0 Å². The molecule has 8 N–H and O–H groups in total. The van der Waals surface area contributed by atoms with Crippen molar-refractivity contribution in [3.05, 3.63) is 154 Å². The van der Waals surface area contributed by atoms with Crippen molar-refractivity contribution in [3.8, 4) is 23.0 Å². The molecule has 2 heterocycles. The number of hydrazone groups is 2. The monoisotopic (exact) mass is 692 g/mol. The number of aryl methyl sites for hydroxylation is 1. The van der Waals surface area contributed by atoms with Crippen LogP contribution in [0.3, 0.4) is 0 Å². The number of fused-ring (bicyclic) bond motifs is 2. The maximum atomic E-state index is 13.2. The van der Waals surface area contributed by atoms with Crippen LogP contribution in [0, 0.1) is 6.92 Å². The third-order valence-corrected chi connectivity index (χ3v) is 8.75. The Kier molecular flexibility index (Phi) is 8.85. The van der Waals surface area contributed by atoms with Crippen LogP contribution in [-0.4, -0.2) is 54.6 Å². The molecule has 7 aromatic rings. The molecular formula is C40H32N6O6. The van der Waals surface area contributed by atoms with Crippen LogP contribution >= 0.6 is 0 Å². The van der Waals surface area contributed by atoms with E-state index in [-0.39, 0.29) is 40.0 Å². The molecule has 2 amide bonds. The van der Waals surface area contributed by atoms with Crippen LogP contribution in [0.25, 0.3) is 21.8 Å². The average Bonchev–Trinajstić information content (AvgIpc) is 3.76. The van der Waals surface area contributed by atoms with Gasteiger partial charge in [0, 0.05) is 62.4 Å². The van der Waals surface area contributed by atoms with Gasteiger partial charge in [-0.3, -0.25) is 9.59 Å². The van der Waals surface area contributed by atoms with Crippen molar-refractivity contribution >= 4 is 46.0 Å². The van der Waals surface area contributed by atoms with Gasteiger partial charge in [-0.2, -0.15) is 10.2 Å². The van der Waals surface area contributed by atoms with Gasteiger partial charge in [-0.1, -0.05) is 29.8 Å². The van der Waals surface area contributed by atoms with Gasteiger partial charge < -0.3 is 30.4 Å². The zero-order valence-electron chi connectivity index (χ0n) is 27.6. The number of aromatic hydroxyl groups is 4. The first kappa shape index (κ1) is 33.2. The lowest BCUT2D eigenvalue weighted by Gasteiger charge is -2.18. The fourth-order valence-electron chi connectivity index (χ4n) is 6.07. The second kappa shape index (κ2) is 13.9. The normalized spacial score (nSPS) is 11.7. The molecule has 0 atom stereocenters. The SMILES string of the molecule is Cc1ccc(C(c2c[nH]c3ccc(C(=O)N/N=C/c4cc(O)ccc4O)cc23)c2c[nH]c3ccc(C(=O)N/N=C/c4cc(O)ccc4O)cc23)cc1. The highest BCUT2D eigenvalue weighted by Crippen LogP contribution is 2.40. The molecule has 0 saturated heterocycles. The zero-order chi connectivity index (χ0) is 36.4. The van der Waals surface area contributed by atoms with Crippen LogP contribution in [-0.2, 0) is 0 Å². The summed E-state index contributed by atoms with van der Waals surface area (Å²) in [5, 5.41) is 49.0. The first-order valence-electron chi connectivity index (χ1n) is 16.1. The highest BCUT2D eigenvalue weighted by atomic mass is 16.3. The number of carbonyl (C=O) groups excluding carboxylic acids is 2. The lowest BCUT2D eigenvalue weighted by Crippen LogP contribution is -2.17. The quantitative estimate of drug-likeness (QED) is 0.0484. The molecular weight excluding hydrogens is 660 g/mol. The minimum Gasteiger partial charge on any atom is -0.508 e. The van der Waals surface area contributed by atoms with Gasteiger partial charge in [0.1, 0.15) is 23.0 Å². The standard InChI is InChI=1S/C40H32N6O6/c1-22-2-4-23(5-3-22)38(32-20-41-34-10-6-24(16-30(32)34)39(51)45-43-18-26-14-28(47)8-12-36(26)49)33-21-42-35-11-7-25(17-31(33)35)40(52)46-44-19-27-15-29(48)9-13-37(27)50/h2-21,38,41-42,47-50H,1H3,(H,45,51)(H,46,52)/b43-18+,44-19+. The Morgan fingerprint density at radius 1 is 0.615 bits per heavy atom. The summed E-state index contributed by atoms with van der Waals surface area (Å²) in [5.41, 5.74) is 11.7. The average molecular weight is 693 g/mol. The molecule has 0 bridgehead atoms. The summed E-state index contributed by atoms with van der Waals surface area (Å²) in [4.78, 5) is 33.1.